The zero-order valence-electron chi connectivity index (χ0n) is 29.9. The molecule has 2 atom stereocenters. The number of amides is 2. The molecule has 10 nitrogen and oxygen atoms in total. The van der Waals surface area contributed by atoms with Crippen LogP contribution in [0.5, 0.6) is 11.5 Å². The molecule has 2 aromatic rings. The number of carbonyl (C=O) groups is 3. The Labute approximate surface area is 286 Å². The second kappa shape index (κ2) is 17.2. The van der Waals surface area contributed by atoms with E-state index in [0.29, 0.717) is 62.4 Å². The van der Waals surface area contributed by atoms with Gasteiger partial charge in [0.25, 0.3) is 5.91 Å². The van der Waals surface area contributed by atoms with Crippen molar-refractivity contribution < 1.29 is 33.3 Å². The van der Waals surface area contributed by atoms with Gasteiger partial charge in [-0.3, -0.25) is 14.5 Å². The first-order chi connectivity index (χ1) is 22.9. The van der Waals surface area contributed by atoms with Gasteiger partial charge in [-0.2, -0.15) is 0 Å². The molecule has 0 aromatic heterocycles. The van der Waals surface area contributed by atoms with E-state index in [-0.39, 0.29) is 35.9 Å². The highest BCUT2D eigenvalue weighted by Gasteiger charge is 2.40. The molecule has 0 bridgehead atoms. The highest BCUT2D eigenvalue weighted by atomic mass is 16.6. The van der Waals surface area contributed by atoms with Gasteiger partial charge in [0.2, 0.25) is 0 Å². The lowest BCUT2D eigenvalue weighted by Crippen LogP contribution is -2.58. The first-order valence-electron chi connectivity index (χ1n) is 17.4. The van der Waals surface area contributed by atoms with Crippen LogP contribution in [0.3, 0.4) is 0 Å². The summed E-state index contributed by atoms with van der Waals surface area (Å²) in [6.07, 6.45) is 4.70. The Morgan fingerprint density at radius 2 is 1.60 bits per heavy atom. The van der Waals surface area contributed by atoms with E-state index in [1.807, 2.05) is 74.8 Å². The van der Waals surface area contributed by atoms with Gasteiger partial charge in [-0.15, -0.1) is 0 Å². The van der Waals surface area contributed by atoms with Crippen molar-refractivity contribution in [1.82, 2.24) is 14.7 Å². The van der Waals surface area contributed by atoms with Crippen LogP contribution in [-0.4, -0.2) is 109 Å². The standard InChI is InChI=1S/C38H55N3O7/c1-27(2)41(36(43)29-14-19-34(46-7)35(24-29)47-23-11-22-45-6)32-18-17-31(40(25-32)37(44)48-38(3,4)5)20-21-39(30-15-16-30)26-33(42)28-12-9-8-10-13-28/h8-10,12-14,19,24,27,30-32H,11,15-18,20-23,25-26H2,1-7H3/t31-,32+/m0/s1. The van der Waals surface area contributed by atoms with Gasteiger partial charge in [0.15, 0.2) is 17.3 Å². The van der Waals surface area contributed by atoms with Crippen LogP contribution in [0.15, 0.2) is 48.5 Å². The van der Waals surface area contributed by atoms with Gasteiger partial charge in [-0.05, 0) is 84.9 Å². The maximum atomic E-state index is 14.2. The molecule has 0 unspecified atom stereocenters. The van der Waals surface area contributed by atoms with Gasteiger partial charge in [0, 0.05) is 62.5 Å². The topological polar surface area (TPSA) is 97.9 Å². The number of methoxy groups -OCH3 is 2. The summed E-state index contributed by atoms with van der Waals surface area (Å²) in [5, 5.41) is 0. The predicted molar refractivity (Wildman–Crippen MR) is 186 cm³/mol. The first kappa shape index (κ1) is 37.2. The lowest BCUT2D eigenvalue weighted by Gasteiger charge is -2.45. The van der Waals surface area contributed by atoms with Crippen LogP contribution in [0.4, 0.5) is 4.79 Å². The normalized spacial score (nSPS) is 18.1. The number of hydrogen-bond donors (Lipinski definition) is 0. The number of likely N-dealkylation sites (tertiary alicyclic amines) is 1. The molecule has 2 amide bonds. The molecule has 2 fully saturated rings. The number of ketones is 1. The van der Waals surface area contributed by atoms with Gasteiger partial charge in [-0.25, -0.2) is 4.79 Å². The van der Waals surface area contributed by atoms with E-state index < -0.39 is 5.60 Å². The summed E-state index contributed by atoms with van der Waals surface area (Å²) in [7, 11) is 3.23. The summed E-state index contributed by atoms with van der Waals surface area (Å²) in [4.78, 5) is 46.9. The van der Waals surface area contributed by atoms with Crippen LogP contribution in [-0.2, 0) is 9.47 Å². The van der Waals surface area contributed by atoms with Gasteiger partial charge in [-0.1, -0.05) is 30.3 Å². The number of nitrogens with zero attached hydrogens (tertiary/aromatic N) is 3. The maximum Gasteiger partial charge on any atom is 0.410 e. The second-order valence-corrected chi connectivity index (χ2v) is 14.2. The van der Waals surface area contributed by atoms with E-state index in [1.54, 1.807) is 32.4 Å². The third-order valence-corrected chi connectivity index (χ3v) is 8.91. The van der Waals surface area contributed by atoms with E-state index in [4.69, 9.17) is 18.9 Å². The number of hydrogen-bond acceptors (Lipinski definition) is 8. The molecule has 2 aromatic carbocycles. The summed E-state index contributed by atoms with van der Waals surface area (Å²) < 4.78 is 22.5. The SMILES string of the molecule is COCCCOc1cc(C(=O)N(C(C)C)[C@@H]2CC[C@@H](CCN(CC(=O)c3ccccc3)C3CC3)N(C(=O)OC(C)(C)C)C2)ccc1OC. The summed E-state index contributed by atoms with van der Waals surface area (Å²) >= 11 is 0. The number of carbonyl (C=O) groups excluding carboxylic acids is 3. The number of piperidine rings is 1. The van der Waals surface area contributed by atoms with Crippen LogP contribution in [0.2, 0.25) is 0 Å². The molecule has 1 saturated carbocycles. The fraction of sp³-hybridized carbons (Fsp3) is 0.605. The molecule has 2 aliphatic rings. The minimum absolute atomic E-state index is 0.0682. The Balaban J connectivity index is 1.50. The molecule has 264 valence electrons. The van der Waals surface area contributed by atoms with E-state index in [0.717, 1.165) is 37.7 Å². The number of ether oxygens (including phenoxy) is 4. The van der Waals surface area contributed by atoms with Crippen molar-refractivity contribution in [3.05, 3.63) is 59.7 Å². The molecule has 10 heteroatoms. The molecule has 1 aliphatic carbocycles. The van der Waals surface area contributed by atoms with E-state index in [2.05, 4.69) is 4.90 Å². The van der Waals surface area contributed by atoms with E-state index in [9.17, 15) is 14.4 Å². The maximum absolute atomic E-state index is 14.2. The van der Waals surface area contributed by atoms with Gasteiger partial charge in [0.1, 0.15) is 5.60 Å². The van der Waals surface area contributed by atoms with Crippen molar-refractivity contribution in [2.24, 2.45) is 0 Å². The van der Waals surface area contributed by atoms with Crippen LogP contribution < -0.4 is 9.47 Å². The molecular weight excluding hydrogens is 610 g/mol. The Kier molecular flexibility index (Phi) is 13.3. The predicted octanol–water partition coefficient (Wildman–Crippen LogP) is 6.47. The highest BCUT2D eigenvalue weighted by molar-refractivity contribution is 5.97. The zero-order valence-corrected chi connectivity index (χ0v) is 29.9. The number of benzene rings is 2. The van der Waals surface area contributed by atoms with Gasteiger partial charge in [0.05, 0.1) is 26.3 Å². The fourth-order valence-electron chi connectivity index (χ4n) is 6.40. The Morgan fingerprint density at radius 3 is 2.23 bits per heavy atom. The third kappa shape index (κ3) is 10.4. The third-order valence-electron chi connectivity index (χ3n) is 8.91. The van der Waals surface area contributed by atoms with Crippen molar-refractivity contribution in [2.75, 3.05) is 47.1 Å². The van der Waals surface area contributed by atoms with Gasteiger partial charge < -0.3 is 28.7 Å². The molecule has 4 rings (SSSR count). The quantitative estimate of drug-likeness (QED) is 0.149. The summed E-state index contributed by atoms with van der Waals surface area (Å²) in [5.41, 5.74) is 0.562. The molecule has 0 radical (unpaired) electrons. The lowest BCUT2D eigenvalue weighted by molar-refractivity contribution is -0.00924. The van der Waals surface area contributed by atoms with Crippen LogP contribution >= 0.6 is 0 Å². The Hall–Kier alpha value is -3.63. The Bertz CT molecular complexity index is 1360. The van der Waals surface area contributed by atoms with E-state index in [1.165, 1.54) is 0 Å². The van der Waals surface area contributed by atoms with Crippen LogP contribution in [0.25, 0.3) is 0 Å². The molecular formula is C38H55N3O7. The number of rotatable bonds is 16. The zero-order chi connectivity index (χ0) is 34.8. The average Bonchev–Trinajstić information content (AvgIpc) is 3.90. The monoisotopic (exact) mass is 665 g/mol. The average molecular weight is 666 g/mol. The van der Waals surface area contributed by atoms with E-state index >= 15 is 0 Å². The largest absolute Gasteiger partial charge is 0.493 e. The number of Topliss-reactive ketones (excluding diaryl/α,β-unsaturated/α-hetero) is 1. The molecule has 1 saturated heterocycles. The minimum atomic E-state index is -0.660. The molecule has 1 heterocycles. The second-order valence-electron chi connectivity index (χ2n) is 14.2. The Morgan fingerprint density at radius 1 is 0.896 bits per heavy atom. The van der Waals surface area contributed by atoms with Crippen molar-refractivity contribution in [1.29, 1.82) is 0 Å². The lowest BCUT2D eigenvalue weighted by atomic mass is 9.93. The van der Waals surface area contributed by atoms with Crippen LogP contribution in [0.1, 0.15) is 93.9 Å². The van der Waals surface area contributed by atoms with Crippen molar-refractivity contribution in [2.45, 2.75) is 103 Å². The summed E-state index contributed by atoms with van der Waals surface area (Å²) in [6.45, 7) is 12.1. The summed E-state index contributed by atoms with van der Waals surface area (Å²) in [6, 6.07) is 14.7. The summed E-state index contributed by atoms with van der Waals surface area (Å²) in [5.74, 6) is 1.06. The highest BCUT2D eigenvalue weighted by Crippen LogP contribution is 2.33. The van der Waals surface area contributed by atoms with Crippen molar-refractivity contribution in [3.63, 3.8) is 0 Å². The smallest absolute Gasteiger partial charge is 0.410 e. The first-order valence-corrected chi connectivity index (χ1v) is 17.4. The fourth-order valence-corrected chi connectivity index (χ4v) is 6.40. The molecule has 1 aliphatic heterocycles. The van der Waals surface area contributed by atoms with Gasteiger partial charge >= 0.3 is 6.09 Å². The molecule has 48 heavy (non-hydrogen) atoms. The molecule has 0 N–H and O–H groups in total. The van der Waals surface area contributed by atoms with Crippen LogP contribution in [0, 0.1) is 0 Å². The molecule has 0 spiro atoms. The van der Waals surface area contributed by atoms with Crippen molar-refractivity contribution >= 4 is 17.8 Å². The minimum Gasteiger partial charge on any atom is -0.493 e. The van der Waals surface area contributed by atoms with Crippen molar-refractivity contribution in [3.8, 4) is 11.5 Å².